The third-order valence-corrected chi connectivity index (χ3v) is 8.44. The Morgan fingerprint density at radius 2 is 1.65 bits per heavy atom. The molecule has 3 amide bonds. The van der Waals surface area contributed by atoms with Crippen LogP contribution >= 0.6 is 0 Å². The van der Waals surface area contributed by atoms with Gasteiger partial charge in [-0.1, -0.05) is 85.2 Å². The molecule has 0 saturated carbocycles. The Balaban J connectivity index is 0. The average Bonchev–Trinajstić information content (AvgIpc) is 3.53. The van der Waals surface area contributed by atoms with Crippen molar-refractivity contribution >= 4 is 18.7 Å². The van der Waals surface area contributed by atoms with E-state index in [9.17, 15) is 14.4 Å². The van der Waals surface area contributed by atoms with Crippen LogP contribution in [-0.2, 0) is 30.3 Å². The molecular weight excluding hydrogens is 582 g/mol. The number of hydrogen-bond acceptors (Lipinski definition) is 7. The Hall–Kier alpha value is -2.53. The van der Waals surface area contributed by atoms with Crippen molar-refractivity contribution < 1.29 is 23.9 Å². The molecule has 0 aromatic heterocycles. The second kappa shape index (κ2) is 27.6. The fraction of sp³-hybridized carbons (Fsp3) is 0.750. The minimum Gasteiger partial charge on any atom is -0.379 e. The first-order chi connectivity index (χ1) is 21.9. The highest BCUT2D eigenvalue weighted by molar-refractivity contribution is 5.76. The summed E-state index contributed by atoms with van der Waals surface area (Å²) in [5.41, 5.74) is 11.2. The number of rotatable bonds is 17. The van der Waals surface area contributed by atoms with Crippen molar-refractivity contribution in [1.29, 1.82) is 0 Å². The van der Waals surface area contributed by atoms with Crippen LogP contribution in [0, 0.1) is 17.8 Å². The normalized spacial score (nSPS) is 17.1. The topological polar surface area (TPSA) is 140 Å². The Kier molecular flexibility index (Phi) is 27.3. The zero-order valence-corrected chi connectivity index (χ0v) is 30.9. The summed E-state index contributed by atoms with van der Waals surface area (Å²) in [6.07, 6.45) is 7.54. The molecule has 0 radical (unpaired) electrons. The largest absolute Gasteiger partial charge is 0.379 e. The molecule has 1 fully saturated rings. The van der Waals surface area contributed by atoms with Crippen LogP contribution in [0.15, 0.2) is 30.3 Å². The minimum absolute atomic E-state index is 0.0416. The third kappa shape index (κ3) is 17.4. The fourth-order valence-corrected chi connectivity index (χ4v) is 5.82. The maximum atomic E-state index is 12.2. The van der Waals surface area contributed by atoms with Gasteiger partial charge in [-0.3, -0.25) is 14.4 Å². The van der Waals surface area contributed by atoms with E-state index in [4.69, 9.17) is 15.2 Å². The highest BCUT2D eigenvalue weighted by Gasteiger charge is 2.33. The van der Waals surface area contributed by atoms with Gasteiger partial charge in [-0.15, -0.1) is 0 Å². The van der Waals surface area contributed by atoms with Crippen molar-refractivity contribution in [3.05, 3.63) is 35.9 Å². The van der Waals surface area contributed by atoms with Crippen LogP contribution in [0.2, 0.25) is 0 Å². The van der Waals surface area contributed by atoms with Crippen molar-refractivity contribution in [1.82, 2.24) is 15.1 Å². The Morgan fingerprint density at radius 1 is 1.04 bits per heavy atom. The maximum Gasteiger partial charge on any atom is 0.222 e. The predicted molar refractivity (Wildman–Crippen MR) is 190 cm³/mol. The average molecular weight is 652 g/mol. The molecular formula is C36H69N5O5. The van der Waals surface area contributed by atoms with Gasteiger partial charge in [-0.2, -0.15) is 0 Å². The molecule has 1 heterocycles. The summed E-state index contributed by atoms with van der Waals surface area (Å²) in [6.45, 7) is 16.3. The molecule has 0 spiro atoms. The van der Waals surface area contributed by atoms with E-state index in [-0.39, 0.29) is 30.2 Å². The summed E-state index contributed by atoms with van der Waals surface area (Å²) in [4.78, 5) is 36.9. The van der Waals surface area contributed by atoms with Gasteiger partial charge in [-0.05, 0) is 56.0 Å². The molecule has 0 bridgehead atoms. The van der Waals surface area contributed by atoms with Gasteiger partial charge in [0.1, 0.15) is 0 Å². The monoisotopic (exact) mass is 652 g/mol. The number of methoxy groups -OCH3 is 2. The summed E-state index contributed by atoms with van der Waals surface area (Å²) in [5.74, 6) is 1.55. The third-order valence-electron chi connectivity index (χ3n) is 8.44. The SMILES string of the molecule is CCC(C)C(C(CC)OC)N(C)C(=O)CC(C)C.CN.COC(C(C)C)C1CCCN1C=O.NC[C@H](Cc1ccccc1)NC=O. The number of benzene rings is 1. The van der Waals surface area contributed by atoms with Crippen molar-refractivity contribution in [2.75, 3.05) is 41.4 Å². The van der Waals surface area contributed by atoms with E-state index in [2.05, 4.69) is 59.5 Å². The van der Waals surface area contributed by atoms with Gasteiger partial charge in [0.15, 0.2) is 0 Å². The number of likely N-dealkylation sites (N-methyl/N-ethyl adjacent to an activating group) is 1. The maximum absolute atomic E-state index is 12.2. The Morgan fingerprint density at radius 3 is 2.07 bits per heavy atom. The first kappa shape index (κ1) is 45.6. The molecule has 6 atom stereocenters. The lowest BCUT2D eigenvalue weighted by atomic mass is 9.91. The lowest BCUT2D eigenvalue weighted by molar-refractivity contribution is -0.137. The van der Waals surface area contributed by atoms with Crippen LogP contribution in [0.4, 0.5) is 0 Å². The zero-order chi connectivity index (χ0) is 35.7. The van der Waals surface area contributed by atoms with Gasteiger partial charge in [-0.25, -0.2) is 0 Å². The van der Waals surface area contributed by atoms with Crippen molar-refractivity contribution in [2.45, 2.75) is 117 Å². The van der Waals surface area contributed by atoms with E-state index in [0.717, 1.165) is 45.1 Å². The van der Waals surface area contributed by atoms with Gasteiger partial charge < -0.3 is 36.1 Å². The quantitative estimate of drug-likeness (QED) is 0.211. The number of nitrogens with one attached hydrogen (secondary N) is 1. The molecule has 10 nitrogen and oxygen atoms in total. The van der Waals surface area contributed by atoms with Gasteiger partial charge in [0, 0.05) is 46.8 Å². The van der Waals surface area contributed by atoms with E-state index in [0.29, 0.717) is 43.2 Å². The second-order valence-corrected chi connectivity index (χ2v) is 12.6. The van der Waals surface area contributed by atoms with Crippen molar-refractivity contribution in [3.8, 4) is 0 Å². The predicted octanol–water partition coefficient (Wildman–Crippen LogP) is 4.49. The summed E-state index contributed by atoms with van der Waals surface area (Å²) in [6, 6.07) is 10.5. The molecule has 1 aromatic rings. The summed E-state index contributed by atoms with van der Waals surface area (Å²) < 4.78 is 11.0. The molecule has 268 valence electrons. The number of nitrogens with zero attached hydrogens (tertiary/aromatic N) is 2. The van der Waals surface area contributed by atoms with Gasteiger partial charge >= 0.3 is 0 Å². The first-order valence-corrected chi connectivity index (χ1v) is 17.0. The van der Waals surface area contributed by atoms with Crippen LogP contribution in [0.3, 0.4) is 0 Å². The fourth-order valence-electron chi connectivity index (χ4n) is 5.82. The number of carbonyl (C=O) groups is 3. The van der Waals surface area contributed by atoms with Crippen LogP contribution < -0.4 is 16.8 Å². The number of nitrogens with two attached hydrogens (primary N) is 2. The first-order valence-electron chi connectivity index (χ1n) is 17.0. The molecule has 10 heteroatoms. The molecule has 46 heavy (non-hydrogen) atoms. The smallest absolute Gasteiger partial charge is 0.222 e. The molecule has 1 aliphatic heterocycles. The molecule has 1 aromatic carbocycles. The van der Waals surface area contributed by atoms with E-state index in [1.807, 2.05) is 47.2 Å². The van der Waals surface area contributed by atoms with E-state index in [1.54, 1.807) is 14.2 Å². The molecule has 1 saturated heterocycles. The number of ether oxygens (including phenoxy) is 2. The van der Waals surface area contributed by atoms with E-state index < -0.39 is 0 Å². The standard InChI is InChI=1S/C15H31NO2.C10H14N2O.C10H19NO2.CH5N/c1-8-12(5)15(13(9-2)18-7)16(6)14(17)10-11(3)4;11-7-10(12-8-13)6-9-4-2-1-3-5-9;1-8(2)10(13-3)9-5-4-6-11(9)7-12;1-2/h11-13,15H,8-10H2,1-7H3;1-5,8,10H,6-7,11H2,(H,12,13);7-10H,4-6H2,1-3H3;2H2,1H3/t;10-;;/m.0../s1. The van der Waals surface area contributed by atoms with Crippen LogP contribution in [0.25, 0.3) is 0 Å². The van der Waals surface area contributed by atoms with E-state index >= 15 is 0 Å². The zero-order valence-electron chi connectivity index (χ0n) is 30.9. The highest BCUT2D eigenvalue weighted by atomic mass is 16.5. The van der Waals surface area contributed by atoms with Crippen LogP contribution in [0.1, 0.15) is 86.1 Å². The second-order valence-electron chi connectivity index (χ2n) is 12.6. The molecule has 2 rings (SSSR count). The Bertz CT molecular complexity index is 885. The summed E-state index contributed by atoms with van der Waals surface area (Å²) in [7, 11) is 6.89. The van der Waals surface area contributed by atoms with E-state index in [1.165, 1.54) is 12.6 Å². The molecule has 0 aliphatic carbocycles. The van der Waals surface area contributed by atoms with Crippen molar-refractivity contribution in [2.24, 2.45) is 29.2 Å². The van der Waals surface area contributed by atoms with Crippen LogP contribution in [-0.4, -0.2) is 100 Å². The van der Waals surface area contributed by atoms with Gasteiger partial charge in [0.05, 0.1) is 24.3 Å². The number of carbonyl (C=O) groups excluding carboxylic acids is 3. The van der Waals surface area contributed by atoms with Gasteiger partial charge in [0.25, 0.3) is 0 Å². The number of likely N-dealkylation sites (tertiary alicyclic amines) is 1. The summed E-state index contributed by atoms with van der Waals surface area (Å²) in [5, 5.41) is 2.68. The lowest BCUT2D eigenvalue weighted by Gasteiger charge is -2.37. The highest BCUT2D eigenvalue weighted by Crippen LogP contribution is 2.24. The molecule has 1 aliphatic rings. The molecule has 5 N–H and O–H groups in total. The van der Waals surface area contributed by atoms with Gasteiger partial charge in [0.2, 0.25) is 18.7 Å². The van der Waals surface area contributed by atoms with Crippen LogP contribution in [0.5, 0.6) is 0 Å². The number of amides is 3. The molecule has 5 unspecified atom stereocenters. The minimum atomic E-state index is 0.0416. The number of hydrogen-bond donors (Lipinski definition) is 3. The lowest BCUT2D eigenvalue weighted by Crippen LogP contribution is -2.49. The Labute approximate surface area is 281 Å². The van der Waals surface area contributed by atoms with Crippen molar-refractivity contribution in [3.63, 3.8) is 0 Å². The summed E-state index contributed by atoms with van der Waals surface area (Å²) >= 11 is 0.